The molecule has 66 valence electrons. The zero-order valence-corrected chi connectivity index (χ0v) is 7.47. The topological polar surface area (TPSA) is 38.0 Å². The maximum Gasteiger partial charge on any atom is 0.0136 e. The van der Waals surface area contributed by atoms with Crippen molar-refractivity contribution in [2.75, 3.05) is 13.1 Å². The van der Waals surface area contributed by atoms with Crippen molar-refractivity contribution in [3.63, 3.8) is 0 Å². The van der Waals surface area contributed by atoms with Gasteiger partial charge in [-0.3, -0.25) is 0 Å². The summed E-state index contributed by atoms with van der Waals surface area (Å²) >= 11 is 0. The molecule has 1 fully saturated rings. The molecule has 1 saturated carbocycles. The van der Waals surface area contributed by atoms with Gasteiger partial charge in [-0.25, -0.2) is 0 Å². The van der Waals surface area contributed by atoms with Gasteiger partial charge < -0.3 is 11.1 Å². The predicted octanol–water partition coefficient (Wildman–Crippen LogP) is 1.11. The van der Waals surface area contributed by atoms with E-state index in [-0.39, 0.29) is 0 Å². The van der Waals surface area contributed by atoms with Crippen LogP contribution in [0.1, 0.15) is 32.6 Å². The largest absolute Gasteiger partial charge is 0.327 e. The van der Waals surface area contributed by atoms with Crippen LogP contribution in [0, 0.1) is 5.92 Å². The summed E-state index contributed by atoms with van der Waals surface area (Å²) in [5.41, 5.74) is 5.61. The maximum absolute atomic E-state index is 5.61. The monoisotopic (exact) mass is 156 g/mol. The number of rotatable bonds is 4. The van der Waals surface area contributed by atoms with Crippen molar-refractivity contribution in [2.45, 2.75) is 38.6 Å². The van der Waals surface area contributed by atoms with Gasteiger partial charge in [-0.15, -0.1) is 0 Å². The number of nitrogens with two attached hydrogens (primary N) is 1. The fourth-order valence-corrected chi connectivity index (χ4v) is 1.73. The molecule has 1 atom stereocenters. The highest BCUT2D eigenvalue weighted by Gasteiger charge is 2.13. The lowest BCUT2D eigenvalue weighted by atomic mass is 10.1. The van der Waals surface area contributed by atoms with Gasteiger partial charge >= 0.3 is 0 Å². The van der Waals surface area contributed by atoms with Gasteiger partial charge in [0.25, 0.3) is 0 Å². The molecule has 0 heterocycles. The first-order valence-electron chi connectivity index (χ1n) is 4.75. The van der Waals surface area contributed by atoms with E-state index in [0.29, 0.717) is 6.04 Å². The Morgan fingerprint density at radius 3 is 2.64 bits per heavy atom. The summed E-state index contributed by atoms with van der Waals surface area (Å²) in [6, 6.07) is 0.302. The number of nitrogens with one attached hydrogen (secondary N) is 1. The first kappa shape index (κ1) is 9.01. The fourth-order valence-electron chi connectivity index (χ4n) is 1.73. The molecule has 2 heteroatoms. The van der Waals surface area contributed by atoms with E-state index in [1.165, 1.54) is 32.2 Å². The molecule has 0 amide bonds. The zero-order valence-electron chi connectivity index (χ0n) is 7.47. The molecule has 0 aromatic carbocycles. The Bertz CT molecular complexity index is 95.7. The minimum atomic E-state index is 0.302. The third-order valence-electron chi connectivity index (χ3n) is 2.37. The summed E-state index contributed by atoms with van der Waals surface area (Å²) in [6.45, 7) is 4.19. The Balaban J connectivity index is 1.94. The molecule has 0 radical (unpaired) electrons. The van der Waals surface area contributed by atoms with Gasteiger partial charge in [0.2, 0.25) is 0 Å². The standard InChI is InChI=1S/C9H20N2/c1-8(10)6-11-7-9-4-2-3-5-9/h8-9,11H,2-7,10H2,1H3. The molecule has 0 spiro atoms. The summed E-state index contributed by atoms with van der Waals surface area (Å²) in [7, 11) is 0. The van der Waals surface area contributed by atoms with Crippen LogP contribution in [0.3, 0.4) is 0 Å². The number of hydrogen-bond acceptors (Lipinski definition) is 2. The van der Waals surface area contributed by atoms with Crippen molar-refractivity contribution >= 4 is 0 Å². The van der Waals surface area contributed by atoms with E-state index in [2.05, 4.69) is 5.32 Å². The third kappa shape index (κ3) is 3.73. The molecule has 3 N–H and O–H groups in total. The van der Waals surface area contributed by atoms with Crippen LogP contribution in [0.4, 0.5) is 0 Å². The van der Waals surface area contributed by atoms with Crippen LogP contribution in [0.5, 0.6) is 0 Å². The van der Waals surface area contributed by atoms with Crippen molar-refractivity contribution in [3.8, 4) is 0 Å². The fraction of sp³-hybridized carbons (Fsp3) is 1.00. The second-order valence-electron chi connectivity index (χ2n) is 3.79. The summed E-state index contributed by atoms with van der Waals surface area (Å²) < 4.78 is 0. The molecule has 1 aliphatic rings. The molecule has 0 saturated heterocycles. The summed E-state index contributed by atoms with van der Waals surface area (Å²) in [5.74, 6) is 0.939. The van der Waals surface area contributed by atoms with E-state index in [9.17, 15) is 0 Å². The molecular formula is C9H20N2. The second kappa shape index (κ2) is 4.73. The van der Waals surface area contributed by atoms with Crippen molar-refractivity contribution in [1.29, 1.82) is 0 Å². The van der Waals surface area contributed by atoms with Crippen LogP contribution in [0.2, 0.25) is 0 Å². The van der Waals surface area contributed by atoms with Crippen molar-refractivity contribution < 1.29 is 0 Å². The Morgan fingerprint density at radius 2 is 2.09 bits per heavy atom. The minimum absolute atomic E-state index is 0.302. The molecule has 2 nitrogen and oxygen atoms in total. The smallest absolute Gasteiger partial charge is 0.0136 e. The van der Waals surface area contributed by atoms with Gasteiger partial charge in [-0.2, -0.15) is 0 Å². The zero-order chi connectivity index (χ0) is 8.10. The van der Waals surface area contributed by atoms with Gasteiger partial charge in [-0.1, -0.05) is 12.8 Å². The van der Waals surface area contributed by atoms with Crippen LogP contribution >= 0.6 is 0 Å². The lowest BCUT2D eigenvalue weighted by Gasteiger charge is -2.11. The van der Waals surface area contributed by atoms with Crippen LogP contribution in [-0.2, 0) is 0 Å². The highest BCUT2D eigenvalue weighted by molar-refractivity contribution is 4.70. The van der Waals surface area contributed by atoms with E-state index in [4.69, 9.17) is 5.73 Å². The molecule has 1 rings (SSSR count). The highest BCUT2D eigenvalue weighted by atomic mass is 14.9. The van der Waals surface area contributed by atoms with Gasteiger partial charge in [-0.05, 0) is 32.2 Å². The first-order valence-corrected chi connectivity index (χ1v) is 4.75. The average Bonchev–Trinajstić information content (AvgIpc) is 2.39. The van der Waals surface area contributed by atoms with E-state index in [1.807, 2.05) is 6.92 Å². The van der Waals surface area contributed by atoms with Crippen molar-refractivity contribution in [2.24, 2.45) is 11.7 Å². The lowest BCUT2D eigenvalue weighted by Crippen LogP contribution is -2.33. The SMILES string of the molecule is CC(N)CNCC1CCCC1. The molecule has 0 aromatic heterocycles. The Kier molecular flexibility index (Phi) is 3.87. The van der Waals surface area contributed by atoms with Gasteiger partial charge in [0.1, 0.15) is 0 Å². The van der Waals surface area contributed by atoms with Crippen LogP contribution < -0.4 is 11.1 Å². The normalized spacial score (nSPS) is 22.4. The quantitative estimate of drug-likeness (QED) is 0.640. The van der Waals surface area contributed by atoms with Gasteiger partial charge in [0.05, 0.1) is 0 Å². The molecule has 1 aliphatic carbocycles. The molecular weight excluding hydrogens is 136 g/mol. The van der Waals surface area contributed by atoms with Gasteiger partial charge in [0.15, 0.2) is 0 Å². The Labute approximate surface area is 69.5 Å². The lowest BCUT2D eigenvalue weighted by molar-refractivity contribution is 0.477. The Morgan fingerprint density at radius 1 is 1.45 bits per heavy atom. The summed E-state index contributed by atoms with van der Waals surface area (Å²) in [5, 5.41) is 3.40. The van der Waals surface area contributed by atoms with E-state index in [1.54, 1.807) is 0 Å². The highest BCUT2D eigenvalue weighted by Crippen LogP contribution is 2.23. The molecule has 0 aliphatic heterocycles. The van der Waals surface area contributed by atoms with Crippen LogP contribution in [-0.4, -0.2) is 19.1 Å². The molecule has 0 bridgehead atoms. The number of hydrogen-bond donors (Lipinski definition) is 2. The maximum atomic E-state index is 5.61. The Hall–Kier alpha value is -0.0800. The second-order valence-corrected chi connectivity index (χ2v) is 3.79. The predicted molar refractivity (Wildman–Crippen MR) is 48.5 cm³/mol. The minimum Gasteiger partial charge on any atom is -0.327 e. The van der Waals surface area contributed by atoms with Crippen LogP contribution in [0.25, 0.3) is 0 Å². The molecule has 11 heavy (non-hydrogen) atoms. The first-order chi connectivity index (χ1) is 5.29. The summed E-state index contributed by atoms with van der Waals surface area (Å²) in [6.07, 6.45) is 5.72. The van der Waals surface area contributed by atoms with Crippen molar-refractivity contribution in [3.05, 3.63) is 0 Å². The van der Waals surface area contributed by atoms with Gasteiger partial charge in [0, 0.05) is 12.6 Å². The van der Waals surface area contributed by atoms with Crippen LogP contribution in [0.15, 0.2) is 0 Å². The summed E-state index contributed by atoms with van der Waals surface area (Å²) in [4.78, 5) is 0. The molecule has 1 unspecified atom stereocenters. The van der Waals surface area contributed by atoms with E-state index < -0.39 is 0 Å². The molecule has 0 aromatic rings. The van der Waals surface area contributed by atoms with Crippen molar-refractivity contribution in [1.82, 2.24) is 5.32 Å². The average molecular weight is 156 g/mol. The van der Waals surface area contributed by atoms with E-state index in [0.717, 1.165) is 12.5 Å². The third-order valence-corrected chi connectivity index (χ3v) is 2.37. The van der Waals surface area contributed by atoms with E-state index >= 15 is 0 Å².